The summed E-state index contributed by atoms with van der Waals surface area (Å²) in [6.45, 7) is 4.89. The Morgan fingerprint density at radius 2 is 2.03 bits per heavy atom. The maximum absolute atomic E-state index is 15.5. The number of rotatable bonds is 12. The van der Waals surface area contributed by atoms with Crippen LogP contribution >= 0.6 is 0 Å². The van der Waals surface area contributed by atoms with Gasteiger partial charge in [-0.1, -0.05) is 24.3 Å². The van der Waals surface area contributed by atoms with E-state index in [0.29, 0.717) is 24.2 Å². The second kappa shape index (κ2) is 13.0. The highest BCUT2D eigenvalue weighted by molar-refractivity contribution is 5.83. The third-order valence-corrected chi connectivity index (χ3v) is 7.95. The third-order valence-electron chi connectivity index (χ3n) is 7.95. The van der Waals surface area contributed by atoms with Crippen LogP contribution in [0.4, 0.5) is 4.39 Å². The first kappa shape index (κ1) is 27.1. The number of aliphatic carboxylic acids is 1. The number of methoxy groups -OCH3 is 1. The van der Waals surface area contributed by atoms with Crippen LogP contribution in [0.15, 0.2) is 54.7 Å². The Bertz CT molecular complexity index is 1180. The van der Waals surface area contributed by atoms with E-state index in [1.165, 1.54) is 11.1 Å². The quantitative estimate of drug-likeness (QED) is 0.274. The Kier molecular flexibility index (Phi) is 9.51. The van der Waals surface area contributed by atoms with Gasteiger partial charge in [0, 0.05) is 24.5 Å². The number of nitrogens with zero attached hydrogens (tertiary/aromatic N) is 2. The minimum Gasteiger partial charge on any atom is -0.497 e. The van der Waals surface area contributed by atoms with Gasteiger partial charge >= 0.3 is 5.97 Å². The lowest BCUT2D eigenvalue weighted by Gasteiger charge is -2.38. The summed E-state index contributed by atoms with van der Waals surface area (Å²) in [5.74, 6) is 0.200. The maximum atomic E-state index is 15.5. The molecule has 4 rings (SSSR count). The molecule has 2 aromatic carbocycles. The van der Waals surface area contributed by atoms with Gasteiger partial charge in [0.2, 0.25) is 0 Å². The molecule has 2 heterocycles. The molecule has 1 fully saturated rings. The van der Waals surface area contributed by atoms with Crippen LogP contribution in [0.2, 0.25) is 0 Å². The van der Waals surface area contributed by atoms with E-state index in [1.807, 2.05) is 18.2 Å². The second-order valence-electron chi connectivity index (χ2n) is 10.4. The van der Waals surface area contributed by atoms with Crippen LogP contribution in [0.1, 0.15) is 61.4 Å². The van der Waals surface area contributed by atoms with Crippen molar-refractivity contribution in [2.75, 3.05) is 26.7 Å². The number of benzene rings is 2. The van der Waals surface area contributed by atoms with Gasteiger partial charge in [-0.25, -0.2) is 4.39 Å². The molecular formula is C31H39FN2O3. The van der Waals surface area contributed by atoms with E-state index < -0.39 is 12.1 Å². The van der Waals surface area contributed by atoms with Crippen LogP contribution in [0.5, 0.6) is 5.75 Å². The first-order valence-electron chi connectivity index (χ1n) is 13.5. The Morgan fingerprint density at radius 1 is 1.19 bits per heavy atom. The van der Waals surface area contributed by atoms with Crippen molar-refractivity contribution in [1.82, 2.24) is 9.88 Å². The number of fused-ring (bicyclic) bond motifs is 1. The van der Waals surface area contributed by atoms with Crippen LogP contribution in [0.3, 0.4) is 0 Å². The monoisotopic (exact) mass is 506 g/mol. The van der Waals surface area contributed by atoms with Crippen molar-refractivity contribution in [2.24, 2.45) is 11.8 Å². The fourth-order valence-electron chi connectivity index (χ4n) is 5.80. The van der Waals surface area contributed by atoms with E-state index in [0.717, 1.165) is 56.2 Å². The van der Waals surface area contributed by atoms with E-state index in [9.17, 15) is 9.90 Å². The molecule has 0 amide bonds. The number of unbranched alkanes of at least 4 members (excludes halogenated alkanes) is 1. The molecule has 3 atom stereocenters. The lowest BCUT2D eigenvalue weighted by molar-refractivity contribution is -0.139. The maximum Gasteiger partial charge on any atom is 0.303 e. The van der Waals surface area contributed by atoms with Crippen LogP contribution < -0.4 is 4.74 Å². The van der Waals surface area contributed by atoms with Gasteiger partial charge in [-0.05, 0) is 111 Å². The third kappa shape index (κ3) is 7.29. The molecule has 5 nitrogen and oxygen atoms in total. The summed E-state index contributed by atoms with van der Waals surface area (Å²) in [7, 11) is 1.60. The van der Waals surface area contributed by atoms with Crippen molar-refractivity contribution in [3.63, 3.8) is 0 Å². The zero-order chi connectivity index (χ0) is 26.2. The molecule has 3 aromatic rings. The SMILES string of the molecule is COc1ccc2nccc(C(F)CC[C@@H]3CCN(CCCCc4ccccc4C)C[C@@H]3CC(=O)O)c2c1. The summed E-state index contributed by atoms with van der Waals surface area (Å²) in [6.07, 6.45) is 5.98. The highest BCUT2D eigenvalue weighted by Crippen LogP contribution is 2.36. The van der Waals surface area contributed by atoms with Gasteiger partial charge in [-0.3, -0.25) is 9.78 Å². The normalized spacial score (nSPS) is 19.1. The molecule has 1 N–H and O–H groups in total. The summed E-state index contributed by atoms with van der Waals surface area (Å²) >= 11 is 0. The highest BCUT2D eigenvalue weighted by Gasteiger charge is 2.31. The minimum atomic E-state index is -1.12. The number of carboxylic acid groups (broad SMARTS) is 1. The van der Waals surface area contributed by atoms with E-state index in [-0.39, 0.29) is 18.3 Å². The fraction of sp³-hybridized carbons (Fsp3) is 0.484. The van der Waals surface area contributed by atoms with E-state index >= 15 is 4.39 Å². The minimum absolute atomic E-state index is 0.0593. The Morgan fingerprint density at radius 3 is 2.81 bits per heavy atom. The second-order valence-corrected chi connectivity index (χ2v) is 10.4. The summed E-state index contributed by atoms with van der Waals surface area (Å²) in [4.78, 5) is 18.4. The molecular weight excluding hydrogens is 467 g/mol. The molecule has 0 radical (unpaired) electrons. The number of aromatic nitrogens is 1. The molecule has 1 unspecified atom stereocenters. The molecule has 1 saturated heterocycles. The number of carbonyl (C=O) groups is 1. The smallest absolute Gasteiger partial charge is 0.303 e. The number of piperidine rings is 1. The van der Waals surface area contributed by atoms with Crippen molar-refractivity contribution in [1.29, 1.82) is 0 Å². The Labute approximate surface area is 219 Å². The molecule has 0 bridgehead atoms. The lowest BCUT2D eigenvalue weighted by Crippen LogP contribution is -2.41. The Hall–Kier alpha value is -2.99. The number of likely N-dealkylation sites (tertiary alicyclic amines) is 1. The molecule has 0 saturated carbocycles. The first-order valence-corrected chi connectivity index (χ1v) is 13.5. The van der Waals surface area contributed by atoms with E-state index in [4.69, 9.17) is 4.74 Å². The van der Waals surface area contributed by atoms with Crippen molar-refractivity contribution < 1.29 is 19.0 Å². The summed E-state index contributed by atoms with van der Waals surface area (Å²) in [6, 6.07) is 15.8. The predicted molar refractivity (Wildman–Crippen MR) is 146 cm³/mol. The number of aryl methyl sites for hydroxylation is 2. The zero-order valence-corrected chi connectivity index (χ0v) is 22.0. The molecule has 1 aliphatic rings. The number of pyridine rings is 1. The summed E-state index contributed by atoms with van der Waals surface area (Å²) < 4.78 is 20.8. The van der Waals surface area contributed by atoms with Gasteiger partial charge in [-0.15, -0.1) is 0 Å². The summed E-state index contributed by atoms with van der Waals surface area (Å²) in [5, 5.41) is 10.3. The number of ether oxygens (including phenoxy) is 1. The van der Waals surface area contributed by atoms with E-state index in [1.54, 1.807) is 19.4 Å². The van der Waals surface area contributed by atoms with Crippen LogP contribution in [-0.2, 0) is 11.2 Å². The topological polar surface area (TPSA) is 62.7 Å². The average Bonchev–Trinajstić information content (AvgIpc) is 2.90. The lowest BCUT2D eigenvalue weighted by atomic mass is 9.79. The van der Waals surface area contributed by atoms with Crippen molar-refractivity contribution in [3.8, 4) is 5.75 Å². The van der Waals surface area contributed by atoms with Gasteiger partial charge < -0.3 is 14.7 Å². The molecule has 37 heavy (non-hydrogen) atoms. The largest absolute Gasteiger partial charge is 0.497 e. The molecule has 6 heteroatoms. The number of hydrogen-bond donors (Lipinski definition) is 1. The number of alkyl halides is 1. The molecule has 1 aliphatic heterocycles. The van der Waals surface area contributed by atoms with Crippen molar-refractivity contribution in [3.05, 3.63) is 71.4 Å². The highest BCUT2D eigenvalue weighted by atomic mass is 19.1. The molecule has 1 aromatic heterocycles. The van der Waals surface area contributed by atoms with E-state index in [2.05, 4.69) is 41.1 Å². The van der Waals surface area contributed by atoms with Crippen LogP contribution in [0, 0.1) is 18.8 Å². The number of carboxylic acids is 1. The standard InChI is InChI=1S/C31H39FN2O3/c1-22-7-3-4-8-23(22)9-5-6-17-34-18-15-24(25(21-34)19-31(35)36)10-12-29(32)27-14-16-33-30-13-11-26(37-2)20-28(27)30/h3-4,7-8,11,13-14,16,20,24-25,29H,5-6,9-10,12,15,17-19,21H2,1-2H3,(H,35,36)/t24-,25+,29?/m1/s1. The van der Waals surface area contributed by atoms with Crippen molar-refractivity contribution >= 4 is 16.9 Å². The van der Waals surface area contributed by atoms with Crippen LogP contribution in [-0.4, -0.2) is 47.7 Å². The molecule has 0 aliphatic carbocycles. The Balaban J connectivity index is 1.31. The first-order chi connectivity index (χ1) is 17.9. The average molecular weight is 507 g/mol. The number of hydrogen-bond acceptors (Lipinski definition) is 4. The van der Waals surface area contributed by atoms with Gasteiger partial charge in [0.25, 0.3) is 0 Å². The van der Waals surface area contributed by atoms with Gasteiger partial charge in [0.1, 0.15) is 11.9 Å². The molecule has 0 spiro atoms. The van der Waals surface area contributed by atoms with Gasteiger partial charge in [0.15, 0.2) is 0 Å². The summed E-state index contributed by atoms with van der Waals surface area (Å²) in [5.41, 5.74) is 4.13. The number of halogens is 1. The van der Waals surface area contributed by atoms with Gasteiger partial charge in [-0.2, -0.15) is 0 Å². The fourth-order valence-corrected chi connectivity index (χ4v) is 5.80. The van der Waals surface area contributed by atoms with Gasteiger partial charge in [0.05, 0.1) is 12.6 Å². The van der Waals surface area contributed by atoms with Crippen molar-refractivity contribution in [2.45, 2.75) is 58.0 Å². The molecule has 198 valence electrons. The predicted octanol–water partition coefficient (Wildman–Crippen LogP) is 6.78. The zero-order valence-electron chi connectivity index (χ0n) is 22.0. The van der Waals surface area contributed by atoms with Crippen LogP contribution in [0.25, 0.3) is 10.9 Å².